The minimum atomic E-state index is -4.14. The predicted octanol–water partition coefficient (Wildman–Crippen LogP) is 5.12. The molecule has 2 aromatic carbocycles. The van der Waals surface area contributed by atoms with E-state index in [2.05, 4.69) is 16.7 Å². The number of nitrogens with one attached hydrogen (secondary N) is 3. The zero-order chi connectivity index (χ0) is 41.4. The Morgan fingerprint density at radius 3 is 2.47 bits per heavy atom. The number of alkyl carbamates (subject to hydrolysis) is 1. The van der Waals surface area contributed by atoms with E-state index in [0.29, 0.717) is 41.6 Å². The van der Waals surface area contributed by atoms with Gasteiger partial charge in [0.25, 0.3) is 5.91 Å². The van der Waals surface area contributed by atoms with E-state index in [1.807, 2.05) is 59.3 Å². The minimum Gasteiger partial charge on any atom is -0.471 e. The standard InChI is InChI=1S/C41H48F2N6O8S/c1-40(2,3)33-37(51)49-23-26(21-31(49)35(50)47-41(22-28(41)34(42)43)38(52)48-58(54,55)27-16-17-27)57-36-32(25-13-9-7-10-14-25)44-29-18-15-24(20-30(29)45-36)12-8-5-4-6-11-19-56-39(53)46-33/h7-10,12-15,18,20,26-28,31,33-34H,4-6,11,16-17,19,21-23H2,1-3H3,(H,46,53)(H,47,50)(H,48,52)/b12-8+/t26-,28+,31+,33-,41+/m1/s1. The van der Waals surface area contributed by atoms with Crippen LogP contribution in [0.15, 0.2) is 54.6 Å². The monoisotopic (exact) mass is 822 g/mol. The molecule has 5 bridgehead atoms. The summed E-state index contributed by atoms with van der Waals surface area (Å²) in [4.78, 5) is 66.5. The molecule has 3 heterocycles. The maximum Gasteiger partial charge on any atom is 0.407 e. The number of cyclic esters (lactones) is 1. The fraction of sp³-hybridized carbons (Fsp3) is 0.512. The van der Waals surface area contributed by atoms with Crippen LogP contribution in [0, 0.1) is 11.3 Å². The van der Waals surface area contributed by atoms with Gasteiger partial charge in [0.15, 0.2) is 0 Å². The smallest absolute Gasteiger partial charge is 0.407 e. The lowest BCUT2D eigenvalue weighted by molar-refractivity contribution is -0.143. The molecular formula is C41H48F2N6O8S. The van der Waals surface area contributed by atoms with Crippen LogP contribution in [-0.2, 0) is 29.1 Å². The Labute approximate surface area is 335 Å². The summed E-state index contributed by atoms with van der Waals surface area (Å²) in [6.07, 6.45) is 2.26. The van der Waals surface area contributed by atoms with Crippen LogP contribution in [0.25, 0.3) is 28.4 Å². The number of hydrogen-bond acceptors (Lipinski definition) is 10. The largest absolute Gasteiger partial charge is 0.471 e. The SMILES string of the molecule is CC(C)(C)[C@@H]1NC(=O)OCCCCC/C=C/c2ccc3nc(-c4ccccc4)c(nc3c2)O[C@@H]2C[C@@H](C(=O)N[C@@]3(C(=O)NS(=O)(=O)C4CC4)C[C@H]3C(F)F)N(C2)C1=O. The number of carbonyl (C=O) groups is 4. The molecule has 7 rings (SSSR count). The summed E-state index contributed by atoms with van der Waals surface area (Å²) in [7, 11) is -4.14. The topological polar surface area (TPSA) is 186 Å². The molecule has 3 aromatic rings. The summed E-state index contributed by atoms with van der Waals surface area (Å²) in [5.41, 5.74) is -0.00651. The van der Waals surface area contributed by atoms with Gasteiger partial charge in [-0.05, 0) is 68.1 Å². The highest BCUT2D eigenvalue weighted by atomic mass is 32.2. The molecule has 3 fully saturated rings. The number of amides is 4. The second-order valence-corrected chi connectivity index (χ2v) is 18.5. The van der Waals surface area contributed by atoms with E-state index in [4.69, 9.17) is 19.4 Å². The van der Waals surface area contributed by atoms with Gasteiger partial charge >= 0.3 is 6.09 Å². The lowest BCUT2D eigenvalue weighted by atomic mass is 9.85. The Bertz CT molecular complexity index is 2210. The molecule has 310 valence electrons. The predicted molar refractivity (Wildman–Crippen MR) is 210 cm³/mol. The summed E-state index contributed by atoms with van der Waals surface area (Å²) < 4.78 is 67.7. The van der Waals surface area contributed by atoms with Gasteiger partial charge in [0.05, 0.1) is 35.4 Å². The number of aromatic nitrogens is 2. The van der Waals surface area contributed by atoms with Crippen molar-refractivity contribution in [1.82, 2.24) is 30.2 Å². The average Bonchev–Trinajstić information content (AvgIpc) is 4.11. The fourth-order valence-corrected chi connectivity index (χ4v) is 8.86. The molecule has 58 heavy (non-hydrogen) atoms. The Morgan fingerprint density at radius 2 is 1.78 bits per heavy atom. The van der Waals surface area contributed by atoms with Crippen LogP contribution in [0.5, 0.6) is 5.88 Å². The van der Waals surface area contributed by atoms with Crippen LogP contribution in [0.2, 0.25) is 0 Å². The van der Waals surface area contributed by atoms with E-state index in [9.17, 15) is 36.4 Å². The third-order valence-electron chi connectivity index (χ3n) is 11.0. The molecule has 4 amide bonds. The zero-order valence-electron chi connectivity index (χ0n) is 32.6. The van der Waals surface area contributed by atoms with Crippen molar-refractivity contribution in [2.75, 3.05) is 13.2 Å². The number of fused-ring (bicyclic) bond motifs is 4. The van der Waals surface area contributed by atoms with E-state index < -0.39 is 87.0 Å². The van der Waals surface area contributed by atoms with E-state index in [1.54, 1.807) is 20.8 Å². The van der Waals surface area contributed by atoms with Crippen LogP contribution in [0.4, 0.5) is 13.6 Å². The minimum absolute atomic E-state index is 0.117. The van der Waals surface area contributed by atoms with Gasteiger partial charge in [-0.3, -0.25) is 19.1 Å². The molecule has 14 nitrogen and oxygen atoms in total. The number of nitrogens with zero attached hydrogens (tertiary/aromatic N) is 3. The van der Waals surface area contributed by atoms with E-state index in [1.165, 1.54) is 4.90 Å². The summed E-state index contributed by atoms with van der Waals surface area (Å²) >= 11 is 0. The number of benzene rings is 2. The highest BCUT2D eigenvalue weighted by Crippen LogP contribution is 2.48. The van der Waals surface area contributed by atoms with Crippen LogP contribution >= 0.6 is 0 Å². The first-order valence-corrected chi connectivity index (χ1v) is 21.2. The molecule has 4 aliphatic rings. The second kappa shape index (κ2) is 16.2. The number of halogens is 2. The number of rotatable bonds is 7. The Kier molecular flexibility index (Phi) is 11.5. The normalized spacial score (nSPS) is 26.3. The number of sulfonamides is 1. The maximum atomic E-state index is 14.6. The fourth-order valence-electron chi connectivity index (χ4n) is 7.50. The van der Waals surface area contributed by atoms with E-state index in [-0.39, 0.29) is 25.5 Å². The van der Waals surface area contributed by atoms with Crippen molar-refractivity contribution in [2.45, 2.75) is 108 Å². The van der Waals surface area contributed by atoms with Gasteiger partial charge in [0.1, 0.15) is 29.4 Å². The molecule has 17 heteroatoms. The van der Waals surface area contributed by atoms with Gasteiger partial charge in [-0.15, -0.1) is 0 Å². The Morgan fingerprint density at radius 1 is 1.02 bits per heavy atom. The van der Waals surface area contributed by atoms with Crippen LogP contribution in [0.3, 0.4) is 0 Å². The molecule has 2 aliphatic heterocycles. The molecule has 3 N–H and O–H groups in total. The molecule has 0 radical (unpaired) electrons. The molecule has 0 unspecified atom stereocenters. The van der Waals surface area contributed by atoms with Gasteiger partial charge < -0.3 is 25.0 Å². The Balaban J connectivity index is 1.26. The lowest BCUT2D eigenvalue weighted by Gasteiger charge is -2.35. The maximum absolute atomic E-state index is 14.6. The number of allylic oxidation sites excluding steroid dienone is 1. The third-order valence-corrected chi connectivity index (χ3v) is 12.9. The van der Waals surface area contributed by atoms with E-state index >= 15 is 0 Å². The first kappa shape index (κ1) is 41.0. The zero-order valence-corrected chi connectivity index (χ0v) is 33.4. The number of ether oxygens (including phenoxy) is 2. The quantitative estimate of drug-likeness (QED) is 0.289. The van der Waals surface area contributed by atoms with Gasteiger partial charge in [-0.1, -0.05) is 69.3 Å². The molecule has 1 saturated heterocycles. The van der Waals surface area contributed by atoms with Crippen LogP contribution in [-0.4, -0.2) is 95.7 Å². The first-order valence-electron chi connectivity index (χ1n) is 19.7. The van der Waals surface area contributed by atoms with Crippen molar-refractivity contribution in [3.8, 4) is 17.1 Å². The molecule has 2 saturated carbocycles. The third kappa shape index (κ3) is 8.93. The summed E-state index contributed by atoms with van der Waals surface area (Å²) in [5, 5.41) is 4.29. The molecule has 0 spiro atoms. The van der Waals surface area contributed by atoms with Crippen molar-refractivity contribution < 1.29 is 45.9 Å². The van der Waals surface area contributed by atoms with Crippen LogP contribution < -0.4 is 20.1 Å². The summed E-state index contributed by atoms with van der Waals surface area (Å²) in [6, 6.07) is 12.3. The van der Waals surface area contributed by atoms with Crippen LogP contribution in [0.1, 0.15) is 77.7 Å². The number of alkyl halides is 2. The van der Waals surface area contributed by atoms with Crippen molar-refractivity contribution in [3.05, 3.63) is 60.2 Å². The van der Waals surface area contributed by atoms with Gasteiger partial charge in [0, 0.05) is 12.0 Å². The van der Waals surface area contributed by atoms with Crippen molar-refractivity contribution in [1.29, 1.82) is 0 Å². The molecule has 5 atom stereocenters. The molecule has 2 aliphatic carbocycles. The van der Waals surface area contributed by atoms with Crippen molar-refractivity contribution in [3.63, 3.8) is 0 Å². The number of carbonyl (C=O) groups excluding carboxylic acids is 4. The van der Waals surface area contributed by atoms with E-state index in [0.717, 1.165) is 24.8 Å². The average molecular weight is 823 g/mol. The van der Waals surface area contributed by atoms with Gasteiger partial charge in [-0.25, -0.2) is 32.0 Å². The summed E-state index contributed by atoms with van der Waals surface area (Å²) in [5.74, 6) is -4.44. The highest BCUT2D eigenvalue weighted by molar-refractivity contribution is 7.91. The number of hydrogen-bond donors (Lipinski definition) is 3. The first-order chi connectivity index (χ1) is 27.6. The second-order valence-electron chi connectivity index (χ2n) is 16.6. The molecule has 1 aromatic heterocycles. The van der Waals surface area contributed by atoms with Crippen molar-refractivity contribution >= 4 is 50.9 Å². The van der Waals surface area contributed by atoms with Crippen molar-refractivity contribution in [2.24, 2.45) is 11.3 Å². The highest BCUT2D eigenvalue weighted by Gasteiger charge is 2.67. The summed E-state index contributed by atoms with van der Waals surface area (Å²) in [6.45, 7) is 5.10. The Hall–Kier alpha value is -5.19. The molecular weight excluding hydrogens is 775 g/mol. The van der Waals surface area contributed by atoms with Gasteiger partial charge in [0.2, 0.25) is 34.1 Å². The van der Waals surface area contributed by atoms with Gasteiger partial charge in [-0.2, -0.15) is 0 Å². The lowest BCUT2D eigenvalue weighted by Crippen LogP contribution is -2.60.